The van der Waals surface area contributed by atoms with Crippen LogP contribution in [0.25, 0.3) is 0 Å². The molecule has 98 valence electrons. The monoisotopic (exact) mass is 246 g/mol. The quantitative estimate of drug-likeness (QED) is 0.477. The van der Waals surface area contributed by atoms with Crippen molar-refractivity contribution in [2.24, 2.45) is 0 Å². The van der Waals surface area contributed by atoms with Crippen molar-refractivity contribution in [1.82, 2.24) is 0 Å². The van der Waals surface area contributed by atoms with Crippen LogP contribution in [-0.4, -0.2) is 0 Å². The average Bonchev–Trinajstić information content (AvgIpc) is 2.38. The molecule has 0 bridgehead atoms. The van der Waals surface area contributed by atoms with E-state index in [9.17, 15) is 4.39 Å². The topological polar surface area (TPSA) is 0 Å². The molecule has 0 heterocycles. The van der Waals surface area contributed by atoms with Gasteiger partial charge in [-0.3, -0.25) is 0 Å². The predicted octanol–water partition coefficient (Wildman–Crippen LogP) is 5.21. The van der Waals surface area contributed by atoms with Gasteiger partial charge in [-0.2, -0.15) is 0 Å². The molecule has 1 aliphatic carbocycles. The van der Waals surface area contributed by atoms with Crippen molar-refractivity contribution in [3.63, 3.8) is 0 Å². The standard InChI is InChI=1S/C17H23F/c1-2-3-4-5-6-7-14-8-9-16-13-17(18)11-10-15(16)12-14/h8,10-11,13H,2-7,9,12H2,1H3. The Morgan fingerprint density at radius 1 is 1.06 bits per heavy atom. The summed E-state index contributed by atoms with van der Waals surface area (Å²) in [5.74, 6) is -0.106. The van der Waals surface area contributed by atoms with E-state index in [1.54, 1.807) is 17.7 Å². The van der Waals surface area contributed by atoms with Crippen molar-refractivity contribution in [2.45, 2.75) is 58.3 Å². The second kappa shape index (κ2) is 6.72. The molecule has 1 aromatic carbocycles. The van der Waals surface area contributed by atoms with E-state index >= 15 is 0 Å². The largest absolute Gasteiger partial charge is 0.207 e. The Balaban J connectivity index is 1.80. The van der Waals surface area contributed by atoms with Gasteiger partial charge < -0.3 is 0 Å². The first-order chi connectivity index (χ1) is 8.79. The smallest absolute Gasteiger partial charge is 0.123 e. The van der Waals surface area contributed by atoms with E-state index in [1.165, 1.54) is 49.7 Å². The third-order valence-corrected chi connectivity index (χ3v) is 3.80. The molecule has 0 fully saturated rings. The van der Waals surface area contributed by atoms with Gasteiger partial charge in [0.25, 0.3) is 0 Å². The van der Waals surface area contributed by atoms with Gasteiger partial charge in [0.05, 0.1) is 0 Å². The van der Waals surface area contributed by atoms with Crippen LogP contribution in [0.2, 0.25) is 0 Å². The highest BCUT2D eigenvalue weighted by molar-refractivity contribution is 5.37. The summed E-state index contributed by atoms with van der Waals surface area (Å²) in [4.78, 5) is 0. The minimum Gasteiger partial charge on any atom is -0.207 e. The van der Waals surface area contributed by atoms with Gasteiger partial charge in [-0.05, 0) is 48.9 Å². The minimum atomic E-state index is -0.106. The van der Waals surface area contributed by atoms with Gasteiger partial charge >= 0.3 is 0 Å². The van der Waals surface area contributed by atoms with Crippen molar-refractivity contribution in [3.8, 4) is 0 Å². The Morgan fingerprint density at radius 2 is 1.89 bits per heavy atom. The number of benzene rings is 1. The first-order valence-corrected chi connectivity index (χ1v) is 7.25. The van der Waals surface area contributed by atoms with Gasteiger partial charge in [0.1, 0.15) is 5.82 Å². The van der Waals surface area contributed by atoms with Crippen LogP contribution < -0.4 is 0 Å². The number of unbranched alkanes of at least 4 members (excludes halogenated alkanes) is 4. The van der Waals surface area contributed by atoms with Gasteiger partial charge in [0.15, 0.2) is 0 Å². The van der Waals surface area contributed by atoms with Crippen LogP contribution in [0.5, 0.6) is 0 Å². The fourth-order valence-electron chi connectivity index (χ4n) is 2.67. The Morgan fingerprint density at radius 3 is 2.72 bits per heavy atom. The molecule has 0 saturated heterocycles. The van der Waals surface area contributed by atoms with Crippen LogP contribution in [0.4, 0.5) is 4.39 Å². The maximum atomic E-state index is 13.1. The number of fused-ring (bicyclic) bond motifs is 1. The molecule has 0 aromatic heterocycles. The summed E-state index contributed by atoms with van der Waals surface area (Å²) in [7, 11) is 0. The van der Waals surface area contributed by atoms with Crippen molar-refractivity contribution < 1.29 is 4.39 Å². The Labute approximate surface area is 110 Å². The number of rotatable bonds is 6. The van der Waals surface area contributed by atoms with Gasteiger partial charge in [0, 0.05) is 0 Å². The van der Waals surface area contributed by atoms with Crippen LogP contribution in [0, 0.1) is 5.82 Å². The summed E-state index contributed by atoms with van der Waals surface area (Å²) < 4.78 is 13.1. The van der Waals surface area contributed by atoms with Crippen LogP contribution in [-0.2, 0) is 12.8 Å². The number of allylic oxidation sites excluding steroid dienone is 2. The second-order valence-corrected chi connectivity index (χ2v) is 5.32. The van der Waals surface area contributed by atoms with Gasteiger partial charge in [0.2, 0.25) is 0 Å². The zero-order valence-electron chi connectivity index (χ0n) is 11.3. The molecular formula is C17H23F. The molecule has 0 nitrogen and oxygen atoms in total. The Kier molecular flexibility index (Phi) is 4.98. The lowest BCUT2D eigenvalue weighted by molar-refractivity contribution is 0.620. The molecule has 0 unspecified atom stereocenters. The summed E-state index contributed by atoms with van der Waals surface area (Å²) in [6.07, 6.45) is 12.2. The van der Waals surface area contributed by atoms with Crippen LogP contribution in [0.1, 0.15) is 56.6 Å². The molecule has 18 heavy (non-hydrogen) atoms. The van der Waals surface area contributed by atoms with E-state index in [0.717, 1.165) is 12.8 Å². The second-order valence-electron chi connectivity index (χ2n) is 5.32. The molecule has 0 aliphatic heterocycles. The van der Waals surface area contributed by atoms with Crippen molar-refractivity contribution >= 4 is 0 Å². The molecule has 0 N–H and O–H groups in total. The van der Waals surface area contributed by atoms with Crippen LogP contribution in [0.3, 0.4) is 0 Å². The fraction of sp³-hybridized carbons (Fsp3) is 0.529. The highest BCUT2D eigenvalue weighted by Gasteiger charge is 2.11. The molecule has 0 atom stereocenters. The number of halogens is 1. The van der Waals surface area contributed by atoms with Crippen LogP contribution in [0.15, 0.2) is 29.8 Å². The molecule has 0 amide bonds. The first-order valence-electron chi connectivity index (χ1n) is 7.25. The third-order valence-electron chi connectivity index (χ3n) is 3.80. The van der Waals surface area contributed by atoms with Gasteiger partial charge in [-0.1, -0.05) is 50.3 Å². The first kappa shape index (κ1) is 13.3. The average molecular weight is 246 g/mol. The molecule has 0 radical (unpaired) electrons. The van der Waals surface area contributed by atoms with Gasteiger partial charge in [-0.15, -0.1) is 0 Å². The van der Waals surface area contributed by atoms with Gasteiger partial charge in [-0.25, -0.2) is 4.39 Å². The van der Waals surface area contributed by atoms with E-state index < -0.39 is 0 Å². The maximum absolute atomic E-state index is 13.1. The van der Waals surface area contributed by atoms with E-state index in [-0.39, 0.29) is 5.82 Å². The Bertz CT molecular complexity index is 418. The highest BCUT2D eigenvalue weighted by atomic mass is 19.1. The zero-order chi connectivity index (χ0) is 12.8. The van der Waals surface area contributed by atoms with Crippen molar-refractivity contribution in [3.05, 3.63) is 46.8 Å². The van der Waals surface area contributed by atoms with E-state index in [4.69, 9.17) is 0 Å². The molecule has 0 spiro atoms. The minimum absolute atomic E-state index is 0.106. The summed E-state index contributed by atoms with van der Waals surface area (Å²) in [5.41, 5.74) is 4.04. The summed E-state index contributed by atoms with van der Waals surface area (Å²) >= 11 is 0. The normalized spacial score (nSPS) is 14.2. The molecule has 2 rings (SSSR count). The third kappa shape index (κ3) is 3.69. The molecule has 1 aliphatic rings. The lowest BCUT2D eigenvalue weighted by Crippen LogP contribution is -2.03. The SMILES string of the molecule is CCCCCCCC1=CCc2cc(F)ccc2C1. The Hall–Kier alpha value is -1.11. The van der Waals surface area contributed by atoms with Crippen molar-refractivity contribution in [2.75, 3.05) is 0 Å². The molecular weight excluding hydrogens is 223 g/mol. The maximum Gasteiger partial charge on any atom is 0.123 e. The molecule has 0 saturated carbocycles. The lowest BCUT2D eigenvalue weighted by atomic mass is 9.89. The summed E-state index contributed by atoms with van der Waals surface area (Å²) in [6.45, 7) is 2.25. The van der Waals surface area contributed by atoms with Crippen molar-refractivity contribution in [1.29, 1.82) is 0 Å². The highest BCUT2D eigenvalue weighted by Crippen LogP contribution is 2.25. The number of hydrogen-bond acceptors (Lipinski definition) is 0. The van der Waals surface area contributed by atoms with E-state index in [0.29, 0.717) is 0 Å². The zero-order valence-corrected chi connectivity index (χ0v) is 11.3. The fourth-order valence-corrected chi connectivity index (χ4v) is 2.67. The molecule has 1 aromatic rings. The van der Waals surface area contributed by atoms with E-state index in [1.807, 2.05) is 6.07 Å². The summed E-state index contributed by atoms with van der Waals surface area (Å²) in [6, 6.07) is 5.22. The number of hydrogen-bond donors (Lipinski definition) is 0. The predicted molar refractivity (Wildman–Crippen MR) is 75.3 cm³/mol. The summed E-state index contributed by atoms with van der Waals surface area (Å²) in [5, 5.41) is 0. The van der Waals surface area contributed by atoms with E-state index in [2.05, 4.69) is 13.0 Å². The lowest BCUT2D eigenvalue weighted by Gasteiger charge is -2.17. The molecule has 1 heteroatoms. The van der Waals surface area contributed by atoms with Crippen LogP contribution >= 0.6 is 0 Å².